The molecule has 2 saturated carbocycles. The van der Waals surface area contributed by atoms with Crippen LogP contribution in [-0.4, -0.2) is 53.3 Å². The summed E-state index contributed by atoms with van der Waals surface area (Å²) in [5.74, 6) is -7.46. The van der Waals surface area contributed by atoms with Gasteiger partial charge in [0.2, 0.25) is 5.91 Å². The molecule has 8 nitrogen and oxygen atoms in total. The van der Waals surface area contributed by atoms with Gasteiger partial charge in [0.1, 0.15) is 17.5 Å². The zero-order valence-corrected chi connectivity index (χ0v) is 19.3. The Morgan fingerprint density at radius 1 is 1.24 bits per heavy atom. The van der Waals surface area contributed by atoms with Crippen molar-refractivity contribution in [2.45, 2.75) is 45.6 Å². The largest absolute Gasteiger partial charge is 0.507 e. The fraction of sp³-hybridized carbons (Fsp3) is 0.600. The number of aliphatic hydroxyl groups is 1. The Hall–Kier alpha value is -2.58. The number of ether oxygens (including phenoxy) is 1. The Bertz CT molecular complexity index is 1050. The van der Waals surface area contributed by atoms with Gasteiger partial charge in [-0.1, -0.05) is 26.8 Å². The Morgan fingerprint density at radius 2 is 1.91 bits per heavy atom. The highest BCUT2D eigenvalue weighted by atomic mass is 16.5. The van der Waals surface area contributed by atoms with Gasteiger partial charge in [0.25, 0.3) is 0 Å². The van der Waals surface area contributed by atoms with Gasteiger partial charge in [-0.15, -0.1) is 0 Å². The van der Waals surface area contributed by atoms with Crippen molar-refractivity contribution in [1.82, 2.24) is 0 Å². The number of primary amides is 1. The van der Waals surface area contributed by atoms with Crippen LogP contribution in [0.3, 0.4) is 0 Å². The van der Waals surface area contributed by atoms with E-state index in [0.29, 0.717) is 18.4 Å². The monoisotopic (exact) mass is 457 g/mol. The lowest BCUT2D eigenvalue weighted by atomic mass is 9.47. The molecule has 1 aromatic rings. The van der Waals surface area contributed by atoms with Crippen molar-refractivity contribution in [1.29, 1.82) is 0 Å². The fourth-order valence-corrected chi connectivity index (χ4v) is 6.72. The van der Waals surface area contributed by atoms with Crippen LogP contribution in [0.2, 0.25) is 0 Å². The molecule has 1 aromatic carbocycles. The first-order chi connectivity index (χ1) is 15.5. The predicted octanol–water partition coefficient (Wildman–Crippen LogP) is 1.39. The van der Waals surface area contributed by atoms with E-state index in [1.807, 2.05) is 13.8 Å². The van der Waals surface area contributed by atoms with E-state index >= 15 is 0 Å². The highest BCUT2D eigenvalue weighted by molar-refractivity contribution is 6.16. The van der Waals surface area contributed by atoms with E-state index in [4.69, 9.17) is 10.5 Å². The number of fused-ring (bicyclic) bond motifs is 3. The van der Waals surface area contributed by atoms with Crippen LogP contribution >= 0.6 is 0 Å². The minimum Gasteiger partial charge on any atom is -0.507 e. The summed E-state index contributed by atoms with van der Waals surface area (Å²) in [4.78, 5) is 52.5. The van der Waals surface area contributed by atoms with Gasteiger partial charge in [-0.05, 0) is 41.9 Å². The number of Topliss-reactive ketones (excluding diaryl/α,β-unsaturated/α-hetero) is 3. The van der Waals surface area contributed by atoms with E-state index in [1.165, 1.54) is 13.2 Å². The second kappa shape index (κ2) is 8.02. The second-order valence-corrected chi connectivity index (χ2v) is 10.3. The Kier molecular flexibility index (Phi) is 5.73. The number of methoxy groups -OCH3 is 1. The maximum Gasteiger partial charge on any atom is 0.230 e. The molecule has 2 fully saturated rings. The van der Waals surface area contributed by atoms with Gasteiger partial charge in [-0.3, -0.25) is 19.2 Å². The van der Waals surface area contributed by atoms with Crippen LogP contribution in [0.1, 0.15) is 54.6 Å². The van der Waals surface area contributed by atoms with Crippen LogP contribution < -0.4 is 5.73 Å². The number of phenolic OH excluding ortho intramolecular Hbond substituents is 1. The molecule has 178 valence electrons. The van der Waals surface area contributed by atoms with E-state index < -0.39 is 64.4 Å². The lowest BCUT2D eigenvalue weighted by molar-refractivity contribution is -0.167. The van der Waals surface area contributed by atoms with Crippen LogP contribution in [0.15, 0.2) is 12.1 Å². The standard InChI is InChI=1S/C25H31NO7/c1-10(2)12-5-6-15(27)16-14(12)8-25(9-33-4)7-13-11(3)20(28)18(24(26)32)21(29)17(13)23(31)19(25)22(16)30/h5-6,10-11,13,17-19,21,27,29H,7-9H2,1-4H3,(H2,26,32). The second-order valence-electron chi connectivity index (χ2n) is 10.3. The van der Waals surface area contributed by atoms with E-state index in [0.717, 1.165) is 5.56 Å². The van der Waals surface area contributed by atoms with Gasteiger partial charge < -0.3 is 20.7 Å². The summed E-state index contributed by atoms with van der Waals surface area (Å²) in [5.41, 5.74) is 6.24. The van der Waals surface area contributed by atoms with Gasteiger partial charge in [-0.2, -0.15) is 0 Å². The van der Waals surface area contributed by atoms with Crippen LogP contribution in [0.5, 0.6) is 5.75 Å². The first-order valence-corrected chi connectivity index (χ1v) is 11.4. The summed E-state index contributed by atoms with van der Waals surface area (Å²) in [6.45, 7) is 5.76. The molecular weight excluding hydrogens is 426 g/mol. The first-order valence-electron chi connectivity index (χ1n) is 11.4. The van der Waals surface area contributed by atoms with Gasteiger partial charge in [-0.25, -0.2) is 0 Å². The average molecular weight is 458 g/mol. The molecule has 4 rings (SSSR count). The van der Waals surface area contributed by atoms with Crippen molar-refractivity contribution in [2.75, 3.05) is 13.7 Å². The molecule has 7 unspecified atom stereocenters. The van der Waals surface area contributed by atoms with Crippen LogP contribution in [0, 0.1) is 35.0 Å². The summed E-state index contributed by atoms with van der Waals surface area (Å²) < 4.78 is 5.52. The third kappa shape index (κ3) is 3.26. The highest BCUT2D eigenvalue weighted by Gasteiger charge is 2.64. The fourth-order valence-electron chi connectivity index (χ4n) is 6.72. The number of carbonyl (C=O) groups is 4. The predicted molar refractivity (Wildman–Crippen MR) is 117 cm³/mol. The lowest BCUT2D eigenvalue weighted by Crippen LogP contribution is -2.64. The number of rotatable bonds is 4. The number of aromatic hydroxyl groups is 1. The zero-order valence-electron chi connectivity index (χ0n) is 19.3. The summed E-state index contributed by atoms with van der Waals surface area (Å²) >= 11 is 0. The number of phenols is 1. The molecule has 0 heterocycles. The van der Waals surface area contributed by atoms with Crippen molar-refractivity contribution in [2.24, 2.45) is 40.7 Å². The molecule has 4 N–H and O–H groups in total. The molecule has 8 heteroatoms. The number of aliphatic hydroxyl groups excluding tert-OH is 1. The van der Waals surface area contributed by atoms with E-state index in [9.17, 15) is 29.4 Å². The molecule has 7 atom stereocenters. The Labute approximate surface area is 192 Å². The third-order valence-corrected chi connectivity index (χ3v) is 8.16. The van der Waals surface area contributed by atoms with Gasteiger partial charge >= 0.3 is 0 Å². The molecule has 1 amide bonds. The van der Waals surface area contributed by atoms with Crippen molar-refractivity contribution in [3.8, 4) is 5.75 Å². The lowest BCUT2D eigenvalue weighted by Gasteiger charge is -2.55. The number of amides is 1. The number of ketones is 3. The zero-order chi connectivity index (χ0) is 24.4. The van der Waals surface area contributed by atoms with Crippen LogP contribution in [-0.2, 0) is 25.5 Å². The molecule has 0 radical (unpaired) electrons. The smallest absolute Gasteiger partial charge is 0.230 e. The minimum absolute atomic E-state index is 0.0867. The quantitative estimate of drug-likeness (QED) is 0.580. The molecular formula is C25H31NO7. The Balaban J connectivity index is 1.90. The molecule has 33 heavy (non-hydrogen) atoms. The SMILES string of the molecule is COCC12Cc3c(C(C)C)ccc(O)c3C(=O)C1C(=O)C1C(O)C(C(N)=O)C(=O)C(C)C1C2. The highest BCUT2D eigenvalue weighted by Crippen LogP contribution is 2.57. The molecule has 0 saturated heterocycles. The van der Waals surface area contributed by atoms with Crippen molar-refractivity contribution in [3.05, 3.63) is 28.8 Å². The summed E-state index contributed by atoms with van der Waals surface area (Å²) in [5, 5.41) is 21.5. The molecule has 0 bridgehead atoms. The van der Waals surface area contributed by atoms with E-state index in [2.05, 4.69) is 0 Å². The maximum atomic E-state index is 13.9. The number of hydrogen-bond acceptors (Lipinski definition) is 7. The molecule has 0 spiro atoms. The van der Waals surface area contributed by atoms with Gasteiger partial charge in [0, 0.05) is 24.4 Å². The molecule has 3 aliphatic carbocycles. The summed E-state index contributed by atoms with van der Waals surface area (Å²) in [6.07, 6.45) is -0.941. The summed E-state index contributed by atoms with van der Waals surface area (Å²) in [7, 11) is 1.50. The van der Waals surface area contributed by atoms with Crippen molar-refractivity contribution in [3.63, 3.8) is 0 Å². The Morgan fingerprint density at radius 3 is 2.48 bits per heavy atom. The molecule has 0 aliphatic heterocycles. The van der Waals surface area contributed by atoms with Crippen LogP contribution in [0.4, 0.5) is 0 Å². The average Bonchev–Trinajstić information content (AvgIpc) is 2.71. The number of benzene rings is 1. The number of carbonyl (C=O) groups excluding carboxylic acids is 4. The first kappa shape index (κ1) is 23.6. The van der Waals surface area contributed by atoms with Crippen molar-refractivity contribution >= 4 is 23.3 Å². The van der Waals surface area contributed by atoms with Crippen LogP contribution in [0.25, 0.3) is 0 Å². The molecule has 3 aliphatic rings. The van der Waals surface area contributed by atoms with E-state index in [-0.39, 0.29) is 23.8 Å². The minimum atomic E-state index is -1.57. The summed E-state index contributed by atoms with van der Waals surface area (Å²) in [6, 6.07) is 3.28. The van der Waals surface area contributed by atoms with Gasteiger partial charge in [0.15, 0.2) is 11.6 Å². The topological polar surface area (TPSA) is 144 Å². The third-order valence-electron chi connectivity index (χ3n) is 8.16. The molecule has 0 aromatic heterocycles. The maximum absolute atomic E-state index is 13.9. The van der Waals surface area contributed by atoms with E-state index in [1.54, 1.807) is 13.0 Å². The number of hydrogen-bond donors (Lipinski definition) is 3. The number of nitrogens with two attached hydrogens (primary N) is 1. The normalized spacial score (nSPS) is 35.8. The van der Waals surface area contributed by atoms with Gasteiger partial charge in [0.05, 0.1) is 24.2 Å². The van der Waals surface area contributed by atoms with Crippen molar-refractivity contribution < 1.29 is 34.1 Å².